The smallest absolute Gasteiger partial charge is 0.164 e. The summed E-state index contributed by atoms with van der Waals surface area (Å²) < 4.78 is 9.12. The van der Waals surface area contributed by atoms with E-state index in [0.29, 0.717) is 17.5 Å². The van der Waals surface area contributed by atoms with Gasteiger partial charge in [-0.1, -0.05) is 127 Å². The highest BCUT2D eigenvalue weighted by atomic mass is 16.3. The van der Waals surface area contributed by atoms with Gasteiger partial charge in [-0.25, -0.2) is 15.0 Å². The summed E-state index contributed by atoms with van der Waals surface area (Å²) in [5.41, 5.74) is 10.3. The number of hydrogen-bond acceptors (Lipinski definition) is 4. The van der Waals surface area contributed by atoms with Gasteiger partial charge in [0.2, 0.25) is 0 Å². The number of para-hydroxylation sites is 2. The van der Waals surface area contributed by atoms with Crippen LogP contribution >= 0.6 is 0 Å². The molecule has 0 aliphatic rings. The maximum Gasteiger partial charge on any atom is 0.164 e. The minimum absolute atomic E-state index is 0.634. The van der Waals surface area contributed by atoms with E-state index in [2.05, 4.69) is 101 Å². The Morgan fingerprint density at radius 2 is 0.900 bits per heavy atom. The number of benzene rings is 7. The monoisotopic (exact) mass is 638 g/mol. The lowest BCUT2D eigenvalue weighted by Gasteiger charge is -2.09. The predicted octanol–water partition coefficient (Wildman–Crippen LogP) is 11.6. The molecule has 0 spiro atoms. The first-order valence-corrected chi connectivity index (χ1v) is 16.8. The third-order valence-electron chi connectivity index (χ3n) is 9.98. The van der Waals surface area contributed by atoms with Gasteiger partial charge < -0.3 is 8.82 Å². The quantitative estimate of drug-likeness (QED) is 0.192. The molecule has 5 heteroatoms. The normalized spacial score (nSPS) is 12.0. The number of furan rings is 1. The number of aromatic nitrogens is 4. The Labute approximate surface area is 286 Å². The van der Waals surface area contributed by atoms with Gasteiger partial charge in [-0.05, 0) is 41.5 Å². The third kappa shape index (κ3) is 3.92. The molecule has 0 aliphatic heterocycles. The van der Waals surface area contributed by atoms with E-state index in [1.165, 1.54) is 32.6 Å². The van der Waals surface area contributed by atoms with E-state index in [-0.39, 0.29) is 0 Å². The van der Waals surface area contributed by atoms with E-state index in [1.807, 2.05) is 60.7 Å². The standard InChI is InChI=1S/C45H26N4O/c1-3-11-27(12-4-1)43-46-44(28-13-5-2-6-14-28)48-45(47-43)31-16-9-15-29(25-31)30-21-24-39-37(26-30)36-23-22-35-34-19-10-18-33-32-17-7-8-20-38(32)49(40(33)34)41(35)42(36)50-39/h1-26H. The van der Waals surface area contributed by atoms with Crippen LogP contribution in [0.15, 0.2) is 162 Å². The molecule has 50 heavy (non-hydrogen) atoms. The average molecular weight is 639 g/mol. The van der Waals surface area contributed by atoms with Crippen molar-refractivity contribution < 1.29 is 4.42 Å². The molecule has 0 bridgehead atoms. The molecule has 0 N–H and O–H groups in total. The molecule has 0 radical (unpaired) electrons. The fraction of sp³-hybridized carbons (Fsp3) is 0. The van der Waals surface area contributed by atoms with Crippen LogP contribution in [0, 0.1) is 0 Å². The summed E-state index contributed by atoms with van der Waals surface area (Å²) in [6, 6.07) is 54.8. The van der Waals surface area contributed by atoms with Gasteiger partial charge in [-0.3, -0.25) is 0 Å². The molecule has 7 aromatic carbocycles. The fourth-order valence-corrected chi connectivity index (χ4v) is 7.69. The van der Waals surface area contributed by atoms with E-state index < -0.39 is 0 Å². The summed E-state index contributed by atoms with van der Waals surface area (Å²) in [5.74, 6) is 1.93. The van der Waals surface area contributed by atoms with Crippen molar-refractivity contribution in [3.63, 3.8) is 0 Å². The molecule has 0 atom stereocenters. The van der Waals surface area contributed by atoms with Crippen LogP contribution in [0.1, 0.15) is 0 Å². The average Bonchev–Trinajstić information content (AvgIpc) is 3.85. The zero-order valence-corrected chi connectivity index (χ0v) is 26.7. The van der Waals surface area contributed by atoms with Gasteiger partial charge in [-0.2, -0.15) is 0 Å². The van der Waals surface area contributed by atoms with Crippen LogP contribution in [0.2, 0.25) is 0 Å². The van der Waals surface area contributed by atoms with Gasteiger partial charge in [0.1, 0.15) is 5.58 Å². The van der Waals surface area contributed by atoms with Crippen LogP contribution in [0.5, 0.6) is 0 Å². The topological polar surface area (TPSA) is 56.2 Å². The predicted molar refractivity (Wildman–Crippen MR) is 204 cm³/mol. The van der Waals surface area contributed by atoms with Crippen molar-refractivity contribution in [2.75, 3.05) is 0 Å². The Bertz CT molecular complexity index is 3030. The number of rotatable bonds is 4. The minimum atomic E-state index is 0.634. The van der Waals surface area contributed by atoms with Crippen molar-refractivity contribution in [3.05, 3.63) is 158 Å². The Balaban J connectivity index is 1.08. The van der Waals surface area contributed by atoms with Crippen LogP contribution in [0.3, 0.4) is 0 Å². The van der Waals surface area contributed by atoms with Crippen molar-refractivity contribution in [1.29, 1.82) is 0 Å². The summed E-state index contributed by atoms with van der Waals surface area (Å²) in [4.78, 5) is 14.8. The Morgan fingerprint density at radius 3 is 1.66 bits per heavy atom. The molecular formula is C45H26N4O. The molecule has 0 aliphatic carbocycles. The third-order valence-corrected chi connectivity index (χ3v) is 9.98. The highest BCUT2D eigenvalue weighted by Gasteiger charge is 2.21. The molecule has 11 rings (SSSR count). The number of fused-ring (bicyclic) bond motifs is 10. The lowest BCUT2D eigenvalue weighted by molar-refractivity contribution is 0.671. The van der Waals surface area contributed by atoms with Crippen LogP contribution in [-0.2, 0) is 0 Å². The van der Waals surface area contributed by atoms with Crippen molar-refractivity contribution in [3.8, 4) is 45.3 Å². The molecule has 0 fully saturated rings. The highest BCUT2D eigenvalue weighted by Crippen LogP contribution is 2.44. The van der Waals surface area contributed by atoms with E-state index in [9.17, 15) is 0 Å². The van der Waals surface area contributed by atoms with Crippen molar-refractivity contribution in [2.45, 2.75) is 0 Å². The first-order valence-electron chi connectivity index (χ1n) is 16.8. The summed E-state index contributed by atoms with van der Waals surface area (Å²) in [7, 11) is 0. The van der Waals surface area contributed by atoms with Gasteiger partial charge in [0.25, 0.3) is 0 Å². The fourth-order valence-electron chi connectivity index (χ4n) is 7.69. The highest BCUT2D eigenvalue weighted by molar-refractivity contribution is 6.28. The second kappa shape index (κ2) is 10.3. The molecule has 4 heterocycles. The SMILES string of the molecule is c1ccc(-c2nc(-c3ccccc3)nc(-c3cccc(-c4ccc5oc6c(ccc7c8cccc9c%10ccccc%10n(c98)c76)c5c4)c3)n2)cc1. The van der Waals surface area contributed by atoms with Crippen LogP contribution in [-0.4, -0.2) is 19.4 Å². The maximum absolute atomic E-state index is 6.72. The molecule has 0 amide bonds. The molecule has 0 saturated carbocycles. The van der Waals surface area contributed by atoms with Gasteiger partial charge >= 0.3 is 0 Å². The molecule has 0 unspecified atom stereocenters. The van der Waals surface area contributed by atoms with Gasteiger partial charge in [-0.15, -0.1) is 0 Å². The van der Waals surface area contributed by atoms with Crippen molar-refractivity contribution in [2.24, 2.45) is 0 Å². The van der Waals surface area contributed by atoms with E-state index >= 15 is 0 Å². The number of nitrogens with zero attached hydrogens (tertiary/aromatic N) is 4. The van der Waals surface area contributed by atoms with Crippen molar-refractivity contribution in [1.82, 2.24) is 19.4 Å². The van der Waals surface area contributed by atoms with E-state index in [1.54, 1.807) is 0 Å². The molecule has 11 aromatic rings. The summed E-state index contributed by atoms with van der Waals surface area (Å²) >= 11 is 0. The maximum atomic E-state index is 6.72. The Kier molecular flexibility index (Phi) is 5.60. The zero-order valence-electron chi connectivity index (χ0n) is 26.7. The first-order chi connectivity index (χ1) is 24.8. The molecule has 5 nitrogen and oxygen atoms in total. The van der Waals surface area contributed by atoms with Crippen molar-refractivity contribution >= 4 is 60.0 Å². The second-order valence-corrected chi connectivity index (χ2v) is 12.8. The molecular weight excluding hydrogens is 613 g/mol. The summed E-state index contributed by atoms with van der Waals surface area (Å²) in [6.07, 6.45) is 0. The lowest BCUT2D eigenvalue weighted by Crippen LogP contribution is -2.00. The lowest BCUT2D eigenvalue weighted by atomic mass is 10.00. The van der Waals surface area contributed by atoms with Gasteiger partial charge in [0.15, 0.2) is 23.1 Å². The van der Waals surface area contributed by atoms with Gasteiger partial charge in [0.05, 0.1) is 16.6 Å². The van der Waals surface area contributed by atoms with Crippen LogP contribution in [0.4, 0.5) is 0 Å². The molecule has 4 aromatic heterocycles. The first kappa shape index (κ1) is 27.1. The Morgan fingerprint density at radius 1 is 0.360 bits per heavy atom. The summed E-state index contributed by atoms with van der Waals surface area (Å²) in [5, 5.41) is 7.18. The largest absolute Gasteiger partial charge is 0.454 e. The molecule has 0 saturated heterocycles. The van der Waals surface area contributed by atoms with Crippen LogP contribution < -0.4 is 0 Å². The second-order valence-electron chi connectivity index (χ2n) is 12.8. The zero-order chi connectivity index (χ0) is 32.8. The number of hydrogen-bond donors (Lipinski definition) is 0. The van der Waals surface area contributed by atoms with Gasteiger partial charge in [0, 0.05) is 49.0 Å². The Hall–Kier alpha value is -6.85. The van der Waals surface area contributed by atoms with E-state index in [4.69, 9.17) is 19.4 Å². The minimum Gasteiger partial charge on any atom is -0.454 e. The van der Waals surface area contributed by atoms with Crippen LogP contribution in [0.25, 0.3) is 105 Å². The molecule has 232 valence electrons. The van der Waals surface area contributed by atoms with E-state index in [0.717, 1.165) is 55.3 Å². The summed E-state index contributed by atoms with van der Waals surface area (Å²) in [6.45, 7) is 0.